The Bertz CT molecular complexity index is 315. The van der Waals surface area contributed by atoms with Crippen molar-refractivity contribution in [1.29, 1.82) is 0 Å². The van der Waals surface area contributed by atoms with Crippen molar-refractivity contribution in [3.8, 4) is 0 Å². The van der Waals surface area contributed by atoms with Crippen LogP contribution in [0.3, 0.4) is 0 Å². The Kier molecular flexibility index (Phi) is 5.27. The van der Waals surface area contributed by atoms with Crippen LogP contribution in [0, 0.1) is 6.20 Å². The minimum absolute atomic E-state index is 0. The van der Waals surface area contributed by atoms with Gasteiger partial charge in [0.25, 0.3) is 0 Å². The van der Waals surface area contributed by atoms with Gasteiger partial charge in [-0.15, -0.1) is 17.7 Å². The van der Waals surface area contributed by atoms with Gasteiger partial charge in [0.05, 0.1) is 6.54 Å². The predicted octanol–water partition coefficient (Wildman–Crippen LogP) is 3.03. The molecule has 0 unspecified atom stereocenters. The molecule has 1 aliphatic rings. The van der Waals surface area contributed by atoms with E-state index >= 15 is 0 Å². The third-order valence-electron chi connectivity index (χ3n) is 1.86. The van der Waals surface area contributed by atoms with Gasteiger partial charge in [0.1, 0.15) is 0 Å². The average Bonchev–Trinajstić information content (AvgIpc) is 1.96. The van der Waals surface area contributed by atoms with Gasteiger partial charge < -0.3 is 4.90 Å². The number of alkyl halides is 3. The second-order valence-corrected chi connectivity index (χ2v) is 3.27. The number of nitrogens with zero attached hydrogens (tertiary/aromatic N) is 1. The Labute approximate surface area is 113 Å². The van der Waals surface area contributed by atoms with Crippen LogP contribution in [0.2, 0.25) is 0 Å². The molecule has 0 amide bonds. The summed E-state index contributed by atoms with van der Waals surface area (Å²) in [6.45, 7) is 5.98. The molecule has 0 aromatic heterocycles. The van der Waals surface area contributed by atoms with Gasteiger partial charge in [0.2, 0.25) is 0 Å². The molecular formula is C10H11F3NY-. The molecule has 0 aliphatic carbocycles. The molecule has 0 atom stereocenters. The van der Waals surface area contributed by atoms with Crippen LogP contribution in [0.25, 0.3) is 0 Å². The molecule has 0 saturated heterocycles. The van der Waals surface area contributed by atoms with Gasteiger partial charge in [0.15, 0.2) is 0 Å². The maximum absolute atomic E-state index is 12.1. The Morgan fingerprint density at radius 3 is 2.40 bits per heavy atom. The number of halogens is 3. The Balaban J connectivity index is 0.00000196. The summed E-state index contributed by atoms with van der Waals surface area (Å²) < 4.78 is 36.3. The fraction of sp³-hybridized carbons (Fsp3) is 0.400. The minimum atomic E-state index is -4.23. The third kappa shape index (κ3) is 4.52. The molecule has 1 rings (SSSR count). The first kappa shape index (κ1) is 14.9. The van der Waals surface area contributed by atoms with Gasteiger partial charge in [0, 0.05) is 32.7 Å². The van der Waals surface area contributed by atoms with Crippen molar-refractivity contribution >= 4 is 0 Å². The van der Waals surface area contributed by atoms with Crippen molar-refractivity contribution in [3.63, 3.8) is 0 Å². The first-order chi connectivity index (χ1) is 6.29. The van der Waals surface area contributed by atoms with Gasteiger partial charge in [-0.25, -0.2) is 0 Å². The zero-order chi connectivity index (χ0) is 10.9. The maximum Gasteiger partial charge on any atom is 0.404 e. The molecule has 15 heavy (non-hydrogen) atoms. The number of hydrogen-bond acceptors (Lipinski definition) is 1. The smallest absolute Gasteiger partial charge is 0.404 e. The van der Waals surface area contributed by atoms with E-state index in [1.54, 1.807) is 19.9 Å². The van der Waals surface area contributed by atoms with Gasteiger partial charge >= 0.3 is 6.18 Å². The van der Waals surface area contributed by atoms with Crippen molar-refractivity contribution in [3.05, 3.63) is 35.7 Å². The molecule has 1 aliphatic heterocycles. The second-order valence-electron chi connectivity index (χ2n) is 3.27. The Morgan fingerprint density at radius 2 is 1.93 bits per heavy atom. The van der Waals surface area contributed by atoms with Crippen LogP contribution in [0.15, 0.2) is 29.5 Å². The standard InChI is InChI=1S/C10H11F3N.Y/c1-7-4-8(2)9(3)14(5-7)6-10(11,12)13;/h4H,3,6H2,1-2H3;/q-1;. The van der Waals surface area contributed by atoms with Crippen LogP contribution >= 0.6 is 0 Å². The monoisotopic (exact) mass is 291 g/mol. The largest absolute Gasteiger partial charge is 0.448 e. The van der Waals surface area contributed by atoms with Crippen LogP contribution in [-0.4, -0.2) is 17.6 Å². The van der Waals surface area contributed by atoms with Crippen LogP contribution in [0.5, 0.6) is 0 Å². The summed E-state index contributed by atoms with van der Waals surface area (Å²) in [4.78, 5) is 1.00. The van der Waals surface area contributed by atoms with E-state index in [-0.39, 0.29) is 32.7 Å². The van der Waals surface area contributed by atoms with Crippen LogP contribution < -0.4 is 0 Å². The van der Waals surface area contributed by atoms with E-state index < -0.39 is 12.7 Å². The first-order valence-corrected chi connectivity index (χ1v) is 4.11. The fourth-order valence-corrected chi connectivity index (χ4v) is 1.25. The molecule has 81 valence electrons. The molecule has 5 heteroatoms. The van der Waals surface area contributed by atoms with E-state index in [1.807, 2.05) is 0 Å². The summed E-state index contributed by atoms with van der Waals surface area (Å²) in [7, 11) is 0. The molecule has 1 nitrogen and oxygen atoms in total. The number of rotatable bonds is 1. The number of allylic oxidation sites excluding steroid dienone is 3. The molecule has 0 N–H and O–H groups in total. The van der Waals surface area contributed by atoms with E-state index in [9.17, 15) is 13.2 Å². The van der Waals surface area contributed by atoms with Crippen molar-refractivity contribution in [2.45, 2.75) is 20.0 Å². The maximum atomic E-state index is 12.1. The van der Waals surface area contributed by atoms with E-state index in [2.05, 4.69) is 12.8 Å². The van der Waals surface area contributed by atoms with E-state index in [4.69, 9.17) is 0 Å². The average molecular weight is 291 g/mol. The summed E-state index contributed by atoms with van der Waals surface area (Å²) in [5.41, 5.74) is 1.78. The molecule has 0 saturated carbocycles. The molecule has 0 aromatic rings. The summed E-state index contributed by atoms with van der Waals surface area (Å²) in [5, 5.41) is 0. The molecule has 0 bridgehead atoms. The summed E-state index contributed by atoms with van der Waals surface area (Å²) >= 11 is 0. The molecular weight excluding hydrogens is 280 g/mol. The third-order valence-corrected chi connectivity index (χ3v) is 1.86. The SMILES string of the molecule is C=C1C(C)=CC(C)=[C-]N1CC(F)(F)F.[Y]. The van der Waals surface area contributed by atoms with Crippen LogP contribution in [0.1, 0.15) is 13.8 Å². The van der Waals surface area contributed by atoms with Gasteiger partial charge in [-0.05, 0) is 0 Å². The quantitative estimate of drug-likeness (QED) is 0.671. The second kappa shape index (κ2) is 5.31. The summed E-state index contributed by atoms with van der Waals surface area (Å²) in [6, 6.07) is 0. The van der Waals surface area contributed by atoms with Crippen molar-refractivity contribution in [1.82, 2.24) is 4.90 Å². The Morgan fingerprint density at radius 1 is 1.40 bits per heavy atom. The van der Waals surface area contributed by atoms with Crippen LogP contribution in [0.4, 0.5) is 13.2 Å². The van der Waals surface area contributed by atoms with Crippen molar-refractivity contribution in [2.75, 3.05) is 6.54 Å². The van der Waals surface area contributed by atoms with E-state index in [1.165, 1.54) is 0 Å². The van der Waals surface area contributed by atoms with Gasteiger partial charge in [-0.3, -0.25) is 0 Å². The normalized spacial score (nSPS) is 16.9. The van der Waals surface area contributed by atoms with E-state index in [0.717, 1.165) is 10.5 Å². The zero-order valence-corrected chi connectivity index (χ0v) is 11.5. The predicted molar refractivity (Wildman–Crippen MR) is 48.1 cm³/mol. The van der Waals surface area contributed by atoms with Gasteiger partial charge in [-0.1, -0.05) is 25.7 Å². The van der Waals surface area contributed by atoms with Gasteiger partial charge in [-0.2, -0.15) is 19.2 Å². The molecule has 0 spiro atoms. The molecule has 0 aromatic carbocycles. The molecule has 0 fully saturated rings. The minimum Gasteiger partial charge on any atom is -0.448 e. The first-order valence-electron chi connectivity index (χ1n) is 4.11. The topological polar surface area (TPSA) is 3.24 Å². The van der Waals surface area contributed by atoms with Crippen molar-refractivity contribution in [2.24, 2.45) is 0 Å². The molecule has 1 radical (unpaired) electrons. The number of hydrogen-bond donors (Lipinski definition) is 0. The zero-order valence-electron chi connectivity index (χ0n) is 8.65. The van der Waals surface area contributed by atoms with Crippen molar-refractivity contribution < 1.29 is 45.9 Å². The fourth-order valence-electron chi connectivity index (χ4n) is 1.25. The molecule has 1 heterocycles. The Hall–Kier alpha value is -0.0861. The summed E-state index contributed by atoms with van der Waals surface area (Å²) in [6.07, 6.45) is 0.138. The van der Waals surface area contributed by atoms with Crippen LogP contribution in [-0.2, 0) is 32.7 Å². The van der Waals surface area contributed by atoms with E-state index in [0.29, 0.717) is 11.3 Å². The summed E-state index contributed by atoms with van der Waals surface area (Å²) in [5.74, 6) is 0.